The van der Waals surface area contributed by atoms with Crippen molar-refractivity contribution in [1.29, 1.82) is 5.41 Å². The number of nitrogens with zero attached hydrogens (tertiary/aromatic N) is 1. The Bertz CT molecular complexity index is 193. The van der Waals surface area contributed by atoms with Gasteiger partial charge in [-0.3, -0.25) is 0 Å². The standard InChI is InChI=1S/C5H5N3/c6-4-8-5-2-1-3-7-5/h1-3,6-7H. The molecule has 0 aliphatic heterocycles. The van der Waals surface area contributed by atoms with Crippen molar-refractivity contribution >= 4 is 11.8 Å². The summed E-state index contributed by atoms with van der Waals surface area (Å²) in [7, 11) is 0. The van der Waals surface area contributed by atoms with Gasteiger partial charge in [-0.25, -0.2) is 5.41 Å². The third-order valence-electron chi connectivity index (χ3n) is 0.758. The first-order valence-electron chi connectivity index (χ1n) is 2.19. The molecule has 0 atom stereocenters. The minimum atomic E-state index is 0.667. The van der Waals surface area contributed by atoms with Crippen LogP contribution in [-0.2, 0) is 0 Å². The molecule has 0 bridgehead atoms. The summed E-state index contributed by atoms with van der Waals surface area (Å²) in [5.74, 6) is 0.667. The number of rotatable bonds is 1. The normalized spacial score (nSPS) is 8.00. The van der Waals surface area contributed by atoms with E-state index in [4.69, 9.17) is 5.41 Å². The summed E-state index contributed by atoms with van der Waals surface area (Å²) >= 11 is 0. The van der Waals surface area contributed by atoms with Crippen LogP contribution in [0.25, 0.3) is 0 Å². The molecule has 0 saturated carbocycles. The van der Waals surface area contributed by atoms with Gasteiger partial charge in [0.2, 0.25) is 0 Å². The van der Waals surface area contributed by atoms with Crippen LogP contribution < -0.4 is 0 Å². The van der Waals surface area contributed by atoms with Crippen molar-refractivity contribution in [2.75, 3.05) is 0 Å². The van der Waals surface area contributed by atoms with Crippen LogP contribution in [0, 0.1) is 5.41 Å². The monoisotopic (exact) mass is 107 g/mol. The molecule has 0 aliphatic rings. The summed E-state index contributed by atoms with van der Waals surface area (Å²) in [6.07, 6.45) is 1.75. The number of nitrogens with one attached hydrogen (secondary N) is 2. The number of hydrogen-bond donors (Lipinski definition) is 2. The van der Waals surface area contributed by atoms with E-state index in [1.165, 1.54) is 0 Å². The maximum atomic E-state index is 6.44. The Hall–Kier alpha value is -1.34. The lowest BCUT2D eigenvalue weighted by molar-refractivity contribution is 1.34. The Morgan fingerprint density at radius 3 is 3.12 bits per heavy atom. The molecule has 1 aromatic rings. The summed E-state index contributed by atoms with van der Waals surface area (Å²) in [5.41, 5.74) is 0. The van der Waals surface area contributed by atoms with Gasteiger partial charge >= 0.3 is 0 Å². The zero-order valence-corrected chi connectivity index (χ0v) is 4.18. The third-order valence-corrected chi connectivity index (χ3v) is 0.758. The lowest BCUT2D eigenvalue weighted by Crippen LogP contribution is -1.55. The topological polar surface area (TPSA) is 52.0 Å². The van der Waals surface area contributed by atoms with E-state index >= 15 is 0 Å². The van der Waals surface area contributed by atoms with Crippen molar-refractivity contribution in [1.82, 2.24) is 4.98 Å². The van der Waals surface area contributed by atoms with E-state index in [2.05, 4.69) is 9.98 Å². The Morgan fingerprint density at radius 2 is 2.62 bits per heavy atom. The average molecular weight is 107 g/mol. The maximum Gasteiger partial charge on any atom is 0.141 e. The van der Waals surface area contributed by atoms with Gasteiger partial charge in [0.15, 0.2) is 0 Å². The van der Waals surface area contributed by atoms with Gasteiger partial charge in [-0.05, 0) is 12.1 Å². The predicted octanol–water partition coefficient (Wildman–Crippen LogP) is 1.40. The molecule has 8 heavy (non-hydrogen) atoms. The molecule has 0 fully saturated rings. The molecule has 0 unspecified atom stereocenters. The second kappa shape index (κ2) is 2.09. The lowest BCUT2D eigenvalue weighted by Gasteiger charge is -1.73. The predicted molar refractivity (Wildman–Crippen MR) is 30.6 cm³/mol. The highest BCUT2D eigenvalue weighted by Gasteiger charge is 1.80. The number of aliphatic imine (C=N–C) groups is 1. The molecule has 3 heteroatoms. The smallest absolute Gasteiger partial charge is 0.141 e. The summed E-state index contributed by atoms with van der Waals surface area (Å²) in [4.78, 5) is 6.32. The van der Waals surface area contributed by atoms with Gasteiger partial charge in [0.05, 0.1) is 6.01 Å². The average Bonchev–Trinajstić information content (AvgIpc) is 2.19. The second-order valence-corrected chi connectivity index (χ2v) is 1.28. The van der Waals surface area contributed by atoms with E-state index in [1.54, 1.807) is 12.3 Å². The van der Waals surface area contributed by atoms with Crippen LogP contribution in [0.2, 0.25) is 0 Å². The van der Waals surface area contributed by atoms with Crippen molar-refractivity contribution in [3.05, 3.63) is 18.3 Å². The molecule has 0 amide bonds. The van der Waals surface area contributed by atoms with Crippen LogP contribution in [0.15, 0.2) is 23.3 Å². The van der Waals surface area contributed by atoms with Gasteiger partial charge in [-0.2, -0.15) is 4.99 Å². The van der Waals surface area contributed by atoms with Crippen molar-refractivity contribution < 1.29 is 0 Å². The highest BCUT2D eigenvalue weighted by Crippen LogP contribution is 2.02. The summed E-state index contributed by atoms with van der Waals surface area (Å²) in [6.45, 7) is 0. The molecule has 1 aromatic heterocycles. The highest BCUT2D eigenvalue weighted by atomic mass is 14.9. The van der Waals surface area contributed by atoms with Crippen molar-refractivity contribution in [2.24, 2.45) is 4.99 Å². The number of aromatic amines is 1. The molecular weight excluding hydrogens is 102 g/mol. The van der Waals surface area contributed by atoms with Gasteiger partial charge in [0.25, 0.3) is 0 Å². The SMILES string of the molecule is N=C=Nc1ccc[nH]1. The third kappa shape index (κ3) is 0.832. The van der Waals surface area contributed by atoms with Crippen LogP contribution in [-0.4, -0.2) is 11.0 Å². The summed E-state index contributed by atoms with van der Waals surface area (Å²) in [6, 6.07) is 5.49. The molecule has 0 spiro atoms. The number of H-pyrrole nitrogens is 1. The van der Waals surface area contributed by atoms with E-state index in [0.29, 0.717) is 5.82 Å². The Balaban J connectivity index is 2.93. The highest BCUT2D eigenvalue weighted by molar-refractivity contribution is 5.45. The molecule has 40 valence electrons. The quantitative estimate of drug-likeness (QED) is 0.510. The van der Waals surface area contributed by atoms with E-state index in [-0.39, 0.29) is 0 Å². The largest absolute Gasteiger partial charge is 0.346 e. The fourth-order valence-electron chi connectivity index (χ4n) is 0.451. The molecule has 1 heterocycles. The van der Waals surface area contributed by atoms with Crippen LogP contribution in [0.3, 0.4) is 0 Å². The summed E-state index contributed by atoms with van der Waals surface area (Å²) in [5, 5.41) is 6.44. The van der Waals surface area contributed by atoms with E-state index in [1.807, 2.05) is 12.1 Å². The second-order valence-electron chi connectivity index (χ2n) is 1.28. The molecular formula is C5H5N3. The van der Waals surface area contributed by atoms with E-state index in [0.717, 1.165) is 0 Å². The molecule has 2 N–H and O–H groups in total. The van der Waals surface area contributed by atoms with Crippen LogP contribution >= 0.6 is 0 Å². The van der Waals surface area contributed by atoms with Crippen molar-refractivity contribution in [3.8, 4) is 0 Å². The van der Waals surface area contributed by atoms with Crippen LogP contribution in [0.5, 0.6) is 0 Å². The van der Waals surface area contributed by atoms with Crippen LogP contribution in [0.1, 0.15) is 0 Å². The van der Waals surface area contributed by atoms with E-state index < -0.39 is 0 Å². The van der Waals surface area contributed by atoms with Gasteiger partial charge in [0.1, 0.15) is 5.82 Å². The molecule has 0 radical (unpaired) electrons. The van der Waals surface area contributed by atoms with Crippen molar-refractivity contribution in [2.45, 2.75) is 0 Å². The Labute approximate surface area is 46.6 Å². The molecule has 0 aromatic carbocycles. The fourth-order valence-corrected chi connectivity index (χ4v) is 0.451. The van der Waals surface area contributed by atoms with Gasteiger partial charge < -0.3 is 4.98 Å². The molecule has 0 aliphatic carbocycles. The fraction of sp³-hybridized carbons (Fsp3) is 0. The first kappa shape index (κ1) is 4.81. The number of hydrogen-bond acceptors (Lipinski definition) is 2. The Morgan fingerprint density at radius 1 is 1.75 bits per heavy atom. The van der Waals surface area contributed by atoms with E-state index in [9.17, 15) is 0 Å². The number of aromatic nitrogens is 1. The van der Waals surface area contributed by atoms with Gasteiger partial charge in [0, 0.05) is 6.20 Å². The lowest BCUT2D eigenvalue weighted by atomic mass is 10.6. The molecule has 1 rings (SSSR count). The zero-order valence-electron chi connectivity index (χ0n) is 4.18. The minimum absolute atomic E-state index is 0.667. The Kier molecular flexibility index (Phi) is 1.26. The van der Waals surface area contributed by atoms with Crippen molar-refractivity contribution in [3.63, 3.8) is 0 Å². The molecule has 3 nitrogen and oxygen atoms in total. The van der Waals surface area contributed by atoms with Crippen LogP contribution in [0.4, 0.5) is 5.82 Å². The first-order valence-corrected chi connectivity index (χ1v) is 2.19. The van der Waals surface area contributed by atoms with Gasteiger partial charge in [-0.1, -0.05) is 0 Å². The van der Waals surface area contributed by atoms with Gasteiger partial charge in [-0.15, -0.1) is 0 Å². The minimum Gasteiger partial charge on any atom is -0.346 e. The first-order chi connectivity index (χ1) is 3.93. The zero-order chi connectivity index (χ0) is 5.82. The maximum absolute atomic E-state index is 6.44. The summed E-state index contributed by atoms with van der Waals surface area (Å²) < 4.78 is 0. The molecule has 0 saturated heterocycles.